The molecule has 2 N–H and O–H groups in total. The van der Waals surface area contributed by atoms with Crippen LogP contribution in [0.15, 0.2) is 36.4 Å². The number of aryl methyl sites for hydroxylation is 3. The van der Waals surface area contributed by atoms with Gasteiger partial charge in [0.25, 0.3) is 5.91 Å². The highest BCUT2D eigenvalue weighted by atomic mass is 16.4. The van der Waals surface area contributed by atoms with Gasteiger partial charge in [0.05, 0.1) is 17.7 Å². The molecular formula is C20H20N2O4. The number of carbonyl (C=O) groups excluding carboxylic acids is 2. The Balaban J connectivity index is 1.91. The van der Waals surface area contributed by atoms with Gasteiger partial charge in [-0.3, -0.25) is 9.59 Å². The molecule has 1 atom stereocenters. The van der Waals surface area contributed by atoms with Crippen LogP contribution < -0.4 is 10.2 Å². The molecule has 0 aliphatic carbocycles. The number of aromatic carboxylic acids is 1. The number of benzene rings is 2. The zero-order valence-corrected chi connectivity index (χ0v) is 14.9. The number of imide groups is 1. The summed E-state index contributed by atoms with van der Waals surface area (Å²) in [6.45, 7) is 5.55. The van der Waals surface area contributed by atoms with Crippen molar-refractivity contribution in [1.29, 1.82) is 0 Å². The van der Waals surface area contributed by atoms with E-state index in [4.69, 9.17) is 5.11 Å². The molecule has 3 rings (SSSR count). The van der Waals surface area contributed by atoms with Crippen LogP contribution in [-0.4, -0.2) is 28.9 Å². The summed E-state index contributed by atoms with van der Waals surface area (Å²) in [5.74, 6) is -1.64. The maximum Gasteiger partial charge on any atom is 0.335 e. The third-order valence-electron chi connectivity index (χ3n) is 4.62. The van der Waals surface area contributed by atoms with E-state index < -0.39 is 12.0 Å². The molecule has 1 saturated heterocycles. The molecular weight excluding hydrogens is 332 g/mol. The minimum Gasteiger partial charge on any atom is -0.478 e. The minimum atomic E-state index is -1.04. The lowest BCUT2D eigenvalue weighted by atomic mass is 10.1. The second-order valence-electron chi connectivity index (χ2n) is 6.54. The molecule has 1 heterocycles. The third-order valence-corrected chi connectivity index (χ3v) is 4.62. The maximum atomic E-state index is 12.9. The van der Waals surface area contributed by atoms with E-state index in [2.05, 4.69) is 5.32 Å². The Kier molecular flexibility index (Phi) is 4.50. The summed E-state index contributed by atoms with van der Waals surface area (Å²) in [6, 6.07) is 9.56. The fourth-order valence-electron chi connectivity index (χ4n) is 3.24. The summed E-state index contributed by atoms with van der Waals surface area (Å²) in [6.07, 6.45) is 0.0311. The van der Waals surface area contributed by atoms with Gasteiger partial charge in [0.1, 0.15) is 6.04 Å². The van der Waals surface area contributed by atoms with E-state index in [1.54, 1.807) is 6.07 Å². The summed E-state index contributed by atoms with van der Waals surface area (Å²) in [5, 5.41) is 12.2. The van der Waals surface area contributed by atoms with Gasteiger partial charge in [-0.2, -0.15) is 0 Å². The van der Waals surface area contributed by atoms with E-state index in [9.17, 15) is 14.4 Å². The molecule has 2 aromatic carbocycles. The fourth-order valence-corrected chi connectivity index (χ4v) is 3.24. The van der Waals surface area contributed by atoms with Crippen molar-refractivity contribution in [2.75, 3.05) is 10.2 Å². The highest BCUT2D eigenvalue weighted by Gasteiger charge is 2.40. The van der Waals surface area contributed by atoms with Crippen LogP contribution in [0.25, 0.3) is 0 Å². The Morgan fingerprint density at radius 1 is 1.08 bits per heavy atom. The Bertz CT molecular complexity index is 900. The van der Waals surface area contributed by atoms with Crippen molar-refractivity contribution >= 4 is 29.2 Å². The van der Waals surface area contributed by atoms with Crippen LogP contribution in [0.5, 0.6) is 0 Å². The van der Waals surface area contributed by atoms with Crippen LogP contribution in [0.3, 0.4) is 0 Å². The first kappa shape index (κ1) is 17.7. The van der Waals surface area contributed by atoms with Crippen LogP contribution in [0.4, 0.5) is 11.4 Å². The molecule has 0 bridgehead atoms. The van der Waals surface area contributed by atoms with E-state index in [1.807, 2.05) is 39.0 Å². The van der Waals surface area contributed by atoms with Crippen LogP contribution >= 0.6 is 0 Å². The Morgan fingerprint density at radius 2 is 1.73 bits per heavy atom. The van der Waals surface area contributed by atoms with Gasteiger partial charge >= 0.3 is 5.97 Å². The first-order valence-corrected chi connectivity index (χ1v) is 8.33. The lowest BCUT2D eigenvalue weighted by Gasteiger charge is -2.20. The maximum absolute atomic E-state index is 12.9. The Morgan fingerprint density at radius 3 is 2.35 bits per heavy atom. The first-order chi connectivity index (χ1) is 12.3. The highest BCUT2D eigenvalue weighted by molar-refractivity contribution is 6.23. The monoisotopic (exact) mass is 352 g/mol. The fraction of sp³-hybridized carbons (Fsp3) is 0.250. The molecule has 26 heavy (non-hydrogen) atoms. The zero-order valence-electron chi connectivity index (χ0n) is 14.9. The number of rotatable bonds is 4. The van der Waals surface area contributed by atoms with E-state index in [1.165, 1.54) is 17.0 Å². The van der Waals surface area contributed by atoms with Crippen LogP contribution in [-0.2, 0) is 9.59 Å². The molecule has 0 unspecified atom stereocenters. The average Bonchev–Trinajstić information content (AvgIpc) is 2.84. The number of hydrogen-bond acceptors (Lipinski definition) is 4. The van der Waals surface area contributed by atoms with Crippen molar-refractivity contribution in [3.05, 3.63) is 58.7 Å². The summed E-state index contributed by atoms with van der Waals surface area (Å²) in [5.41, 5.74) is 3.82. The summed E-state index contributed by atoms with van der Waals surface area (Å²) in [7, 11) is 0. The number of hydrogen-bond donors (Lipinski definition) is 2. The Labute approximate surface area is 151 Å². The molecule has 2 amide bonds. The topological polar surface area (TPSA) is 86.7 Å². The predicted octanol–water partition coefficient (Wildman–Crippen LogP) is 3.05. The van der Waals surface area contributed by atoms with Crippen molar-refractivity contribution in [3.63, 3.8) is 0 Å². The summed E-state index contributed by atoms with van der Waals surface area (Å²) in [4.78, 5) is 37.8. The molecule has 1 aliphatic rings. The smallest absolute Gasteiger partial charge is 0.335 e. The number of carbonyl (C=O) groups is 3. The molecule has 6 nitrogen and oxygen atoms in total. The molecule has 0 aromatic heterocycles. The largest absolute Gasteiger partial charge is 0.478 e. The van der Waals surface area contributed by atoms with E-state index in [-0.39, 0.29) is 23.8 Å². The number of anilines is 2. The van der Waals surface area contributed by atoms with Crippen molar-refractivity contribution in [3.8, 4) is 0 Å². The van der Waals surface area contributed by atoms with Gasteiger partial charge in [0, 0.05) is 5.69 Å². The van der Waals surface area contributed by atoms with Gasteiger partial charge < -0.3 is 10.4 Å². The van der Waals surface area contributed by atoms with Gasteiger partial charge in [-0.1, -0.05) is 24.3 Å². The average molecular weight is 352 g/mol. The molecule has 1 fully saturated rings. The normalized spacial score (nSPS) is 16.9. The standard InChI is InChI=1S/C20H20N2O4/c1-11-7-8-14(20(25)26)9-15(11)21-16-10-17(23)22(19(16)24)18-12(2)5-4-6-13(18)3/h4-9,16,21H,10H2,1-3H3,(H,25,26)/t16-/m0/s1. The lowest BCUT2D eigenvalue weighted by Crippen LogP contribution is -2.35. The van der Waals surface area contributed by atoms with Crippen LogP contribution in [0.2, 0.25) is 0 Å². The quantitative estimate of drug-likeness (QED) is 0.826. The van der Waals surface area contributed by atoms with Gasteiger partial charge in [0.15, 0.2) is 0 Å². The molecule has 0 spiro atoms. The van der Waals surface area contributed by atoms with Gasteiger partial charge in [-0.15, -0.1) is 0 Å². The van der Waals surface area contributed by atoms with Gasteiger partial charge in [-0.05, 0) is 49.6 Å². The summed E-state index contributed by atoms with van der Waals surface area (Å²) < 4.78 is 0. The molecule has 0 saturated carbocycles. The zero-order chi connectivity index (χ0) is 19.0. The lowest BCUT2D eigenvalue weighted by molar-refractivity contribution is -0.121. The highest BCUT2D eigenvalue weighted by Crippen LogP contribution is 2.31. The van der Waals surface area contributed by atoms with Crippen molar-refractivity contribution in [2.45, 2.75) is 33.2 Å². The second kappa shape index (κ2) is 6.63. The van der Waals surface area contributed by atoms with Crippen molar-refractivity contribution in [1.82, 2.24) is 0 Å². The summed E-state index contributed by atoms with van der Waals surface area (Å²) >= 11 is 0. The van der Waals surface area contributed by atoms with E-state index in [0.29, 0.717) is 11.4 Å². The number of para-hydroxylation sites is 1. The molecule has 6 heteroatoms. The predicted molar refractivity (Wildman–Crippen MR) is 98.6 cm³/mol. The number of carboxylic acid groups (broad SMARTS) is 1. The number of carboxylic acids is 1. The van der Waals surface area contributed by atoms with E-state index in [0.717, 1.165) is 16.7 Å². The number of nitrogens with one attached hydrogen (secondary N) is 1. The SMILES string of the molecule is Cc1ccc(C(=O)O)cc1N[C@H]1CC(=O)N(c2c(C)cccc2C)C1=O. The first-order valence-electron chi connectivity index (χ1n) is 8.33. The van der Waals surface area contributed by atoms with E-state index >= 15 is 0 Å². The number of amides is 2. The van der Waals surface area contributed by atoms with Gasteiger partial charge in [-0.25, -0.2) is 9.69 Å². The molecule has 134 valence electrons. The minimum absolute atomic E-state index is 0.0311. The third kappa shape index (κ3) is 3.06. The second-order valence-corrected chi connectivity index (χ2v) is 6.54. The Hall–Kier alpha value is -3.15. The number of nitrogens with zero attached hydrogens (tertiary/aromatic N) is 1. The molecule has 1 aliphatic heterocycles. The van der Waals surface area contributed by atoms with Crippen molar-refractivity contribution in [2.24, 2.45) is 0 Å². The van der Waals surface area contributed by atoms with Crippen LogP contribution in [0, 0.1) is 20.8 Å². The van der Waals surface area contributed by atoms with Gasteiger partial charge in [0.2, 0.25) is 5.91 Å². The van der Waals surface area contributed by atoms with Crippen LogP contribution in [0.1, 0.15) is 33.5 Å². The molecule has 2 aromatic rings. The van der Waals surface area contributed by atoms with Crippen molar-refractivity contribution < 1.29 is 19.5 Å². The molecule has 0 radical (unpaired) electrons.